The monoisotopic (exact) mass is 73.0 g/mol. The summed E-state index contributed by atoms with van der Waals surface area (Å²) >= 11 is 0. The molecule has 5 heavy (non-hydrogen) atoms. The maximum atomic E-state index is 9.70. The molecule has 1 fully saturated rings. The SMILES string of the molecule is O=[N+]1CCN1. The Morgan fingerprint density at radius 1 is 1.80 bits per heavy atom. The summed E-state index contributed by atoms with van der Waals surface area (Å²) in [6.45, 7) is 1.50. The summed E-state index contributed by atoms with van der Waals surface area (Å²) in [7, 11) is 0. The topological polar surface area (TPSA) is 32.1 Å². The molecule has 0 atom stereocenters. The Morgan fingerprint density at radius 2 is 2.20 bits per heavy atom. The molecule has 0 unspecified atom stereocenters. The Hall–Kier alpha value is -0.600. The quantitative estimate of drug-likeness (QED) is 0.384. The van der Waals surface area contributed by atoms with Crippen molar-refractivity contribution in [1.29, 1.82) is 0 Å². The van der Waals surface area contributed by atoms with Crippen molar-refractivity contribution < 1.29 is 4.87 Å². The summed E-state index contributed by atoms with van der Waals surface area (Å²) in [6.07, 6.45) is 0. The Labute approximate surface area is 29.5 Å². The first-order valence-corrected chi connectivity index (χ1v) is 1.58. The first kappa shape index (κ1) is 2.63. The number of hydrogen-bond donors (Lipinski definition) is 1. The fourth-order valence-corrected chi connectivity index (χ4v) is 0.203. The first-order valence-electron chi connectivity index (χ1n) is 1.58. The molecule has 1 N–H and O–H groups in total. The number of rotatable bonds is 0. The van der Waals surface area contributed by atoms with Crippen LogP contribution in [0.1, 0.15) is 0 Å². The van der Waals surface area contributed by atoms with E-state index in [2.05, 4.69) is 5.43 Å². The smallest absolute Gasteiger partial charge is 0.146 e. The van der Waals surface area contributed by atoms with Crippen molar-refractivity contribution in [2.24, 2.45) is 0 Å². The Morgan fingerprint density at radius 3 is 2.20 bits per heavy atom. The molecule has 3 nitrogen and oxygen atoms in total. The van der Waals surface area contributed by atoms with Gasteiger partial charge in [0.25, 0.3) is 0 Å². The highest BCUT2D eigenvalue weighted by Crippen LogP contribution is 1.73. The van der Waals surface area contributed by atoms with Crippen molar-refractivity contribution in [2.45, 2.75) is 0 Å². The van der Waals surface area contributed by atoms with E-state index >= 15 is 0 Å². The summed E-state index contributed by atoms with van der Waals surface area (Å²) in [6, 6.07) is 0. The van der Waals surface area contributed by atoms with Crippen LogP contribution >= 0.6 is 0 Å². The second-order valence-electron chi connectivity index (χ2n) is 1.01. The second-order valence-corrected chi connectivity index (χ2v) is 1.01. The van der Waals surface area contributed by atoms with Gasteiger partial charge in [-0.15, -0.1) is 5.43 Å². The highest BCUT2D eigenvalue weighted by molar-refractivity contribution is 4.34. The molecule has 0 radical (unpaired) electrons. The third kappa shape index (κ3) is 0.229. The van der Waals surface area contributed by atoms with Crippen molar-refractivity contribution in [2.75, 3.05) is 13.1 Å². The predicted octanol–water partition coefficient (Wildman–Crippen LogP) is -0.717. The van der Waals surface area contributed by atoms with E-state index in [4.69, 9.17) is 0 Å². The van der Waals surface area contributed by atoms with E-state index in [1.54, 1.807) is 0 Å². The molecule has 1 rings (SSSR count). The molecule has 0 aliphatic carbocycles. The van der Waals surface area contributed by atoms with Gasteiger partial charge in [0, 0.05) is 0 Å². The molecule has 1 heterocycles. The molecule has 28 valence electrons. The fourth-order valence-electron chi connectivity index (χ4n) is 0.203. The predicted molar refractivity (Wildman–Crippen MR) is 16.5 cm³/mol. The van der Waals surface area contributed by atoms with E-state index in [1.807, 2.05) is 0 Å². The van der Waals surface area contributed by atoms with Gasteiger partial charge in [-0.25, -0.2) is 0 Å². The lowest BCUT2D eigenvalue weighted by Gasteiger charge is -1.98. The van der Waals surface area contributed by atoms with E-state index in [0.29, 0.717) is 6.54 Å². The minimum absolute atomic E-state index is 0.653. The largest absolute Gasteiger partial charge is 0.247 e. The Bertz CT molecular complexity index is 54.7. The summed E-state index contributed by atoms with van der Waals surface area (Å²) < 4.78 is 0. The van der Waals surface area contributed by atoms with Gasteiger partial charge in [-0.2, -0.15) is 0 Å². The third-order valence-electron chi connectivity index (χ3n) is 0.603. The minimum atomic E-state index is 0.653. The normalized spacial score (nSPS) is 20.4. The van der Waals surface area contributed by atoms with Crippen LogP contribution in [0.25, 0.3) is 0 Å². The van der Waals surface area contributed by atoms with Crippen LogP contribution in [0.15, 0.2) is 0 Å². The molecule has 0 aromatic heterocycles. The molecular formula is C2H5N2O+. The van der Waals surface area contributed by atoms with E-state index < -0.39 is 0 Å². The van der Waals surface area contributed by atoms with Crippen LogP contribution in [0.2, 0.25) is 0 Å². The lowest BCUT2D eigenvalue weighted by atomic mass is 10.6. The van der Waals surface area contributed by atoms with E-state index in [1.165, 1.54) is 0 Å². The van der Waals surface area contributed by atoms with E-state index in [9.17, 15) is 4.91 Å². The van der Waals surface area contributed by atoms with Gasteiger partial charge in [0.1, 0.15) is 11.4 Å². The van der Waals surface area contributed by atoms with Crippen LogP contribution in [0.5, 0.6) is 0 Å². The summed E-state index contributed by atoms with van der Waals surface area (Å²) in [5.41, 5.74) is 2.49. The average molecular weight is 73.1 g/mol. The van der Waals surface area contributed by atoms with E-state index in [0.717, 1.165) is 11.4 Å². The van der Waals surface area contributed by atoms with Gasteiger partial charge in [0.15, 0.2) is 0 Å². The number of nitrogens with one attached hydrogen (secondary N) is 1. The lowest BCUT2D eigenvalue weighted by molar-refractivity contribution is -0.660. The Kier molecular flexibility index (Phi) is 0.353. The van der Waals surface area contributed by atoms with Gasteiger partial charge in [-0.1, -0.05) is 0 Å². The highest BCUT2D eigenvalue weighted by Gasteiger charge is 2.16. The molecule has 0 aromatic carbocycles. The third-order valence-corrected chi connectivity index (χ3v) is 0.603. The number of nitroso groups, excluding NO2 is 1. The molecule has 1 aliphatic heterocycles. The number of hydrazine groups is 1. The minimum Gasteiger partial charge on any atom is -0.146 e. The zero-order chi connectivity index (χ0) is 3.70. The van der Waals surface area contributed by atoms with Crippen LogP contribution in [0, 0.1) is 4.91 Å². The lowest BCUT2D eigenvalue weighted by Crippen LogP contribution is -2.44. The molecule has 0 spiro atoms. The first-order chi connectivity index (χ1) is 2.39. The average Bonchev–Trinajstić information content (AvgIpc) is 1.30. The van der Waals surface area contributed by atoms with Gasteiger partial charge in [-0.3, -0.25) is 0 Å². The van der Waals surface area contributed by atoms with Gasteiger partial charge < -0.3 is 0 Å². The summed E-state index contributed by atoms with van der Waals surface area (Å²) in [5, 5.41) is 0. The van der Waals surface area contributed by atoms with Gasteiger partial charge in [0.2, 0.25) is 6.54 Å². The van der Waals surface area contributed by atoms with Crippen molar-refractivity contribution in [3.63, 3.8) is 0 Å². The van der Waals surface area contributed by atoms with Crippen molar-refractivity contribution in [3.05, 3.63) is 4.91 Å². The van der Waals surface area contributed by atoms with Crippen LogP contribution < -0.4 is 5.43 Å². The number of nitrogens with zero attached hydrogens (tertiary/aromatic N) is 1. The second kappa shape index (κ2) is 0.672. The van der Waals surface area contributed by atoms with E-state index in [-0.39, 0.29) is 0 Å². The molecule has 0 bridgehead atoms. The summed E-state index contributed by atoms with van der Waals surface area (Å²) in [4.78, 5) is 10.5. The van der Waals surface area contributed by atoms with Crippen LogP contribution in [-0.4, -0.2) is 18.0 Å². The molecule has 0 amide bonds. The van der Waals surface area contributed by atoms with Crippen LogP contribution in [-0.2, 0) is 0 Å². The standard InChI is InChI=1S/C2H5N2O/c5-4-2-1-3-4/h1-2H2,(H,3,5)/q+1. The van der Waals surface area contributed by atoms with Crippen molar-refractivity contribution in [3.8, 4) is 0 Å². The maximum absolute atomic E-state index is 9.70. The molecule has 0 saturated carbocycles. The van der Waals surface area contributed by atoms with Gasteiger partial charge in [0.05, 0.1) is 4.91 Å². The van der Waals surface area contributed by atoms with Crippen molar-refractivity contribution in [1.82, 2.24) is 5.43 Å². The molecule has 1 saturated heterocycles. The maximum Gasteiger partial charge on any atom is 0.247 e. The van der Waals surface area contributed by atoms with Crippen LogP contribution in [0.3, 0.4) is 0 Å². The van der Waals surface area contributed by atoms with Gasteiger partial charge >= 0.3 is 0 Å². The molecule has 3 heteroatoms. The number of hydrogen-bond acceptors (Lipinski definition) is 1. The Balaban J connectivity index is 2.32. The fraction of sp³-hybridized carbons (Fsp3) is 1.00. The van der Waals surface area contributed by atoms with Gasteiger partial charge in [-0.05, 0) is 0 Å². The molecular weight excluding hydrogens is 68.0 g/mol. The zero-order valence-electron chi connectivity index (χ0n) is 2.77. The van der Waals surface area contributed by atoms with Crippen molar-refractivity contribution >= 4 is 0 Å². The molecule has 0 aromatic rings. The summed E-state index contributed by atoms with van der Waals surface area (Å²) in [5.74, 6) is 0. The highest BCUT2D eigenvalue weighted by atomic mass is 16.3. The van der Waals surface area contributed by atoms with Crippen LogP contribution in [0.4, 0.5) is 0 Å². The molecule has 1 aliphatic rings. The zero-order valence-corrected chi connectivity index (χ0v) is 2.77.